The first-order valence-electron chi connectivity index (χ1n) is 25.8. The van der Waals surface area contributed by atoms with Gasteiger partial charge in [-0.05, 0) is 12.8 Å². The summed E-state index contributed by atoms with van der Waals surface area (Å²) in [6.45, 7) is 1.71. The summed E-state index contributed by atoms with van der Waals surface area (Å²) in [7, 11) is 0. The first-order chi connectivity index (χ1) is 32.3. The summed E-state index contributed by atoms with van der Waals surface area (Å²) >= 11 is 0. The number of nitrogens with one attached hydrogen (secondary N) is 1. The number of ether oxygens (including phenoxy) is 6. The summed E-state index contributed by atoms with van der Waals surface area (Å²) in [6, 6.07) is -0.876. The molecule has 0 spiro atoms. The molecule has 1 amide bonds. The Morgan fingerprint density at radius 3 is 1.30 bits per heavy atom. The molecule has 19 nitrogen and oxygen atoms in total. The Bertz CT molecular complexity index is 1250. The Labute approximate surface area is 398 Å². The predicted octanol–water partition coefficient (Wildman–Crippen LogP) is 1.70. The van der Waals surface area contributed by atoms with E-state index in [1.807, 2.05) is 0 Å². The molecule has 0 radical (unpaired) electrons. The first kappa shape index (κ1) is 60.1. The number of aliphatic hydroxyl groups excluding tert-OH is 11. The topological polar surface area (TPSA) is 307 Å². The number of aliphatic hydroxyl groups is 11. The SMILES string of the molecule is CCCCCCCCCCCCCCCCCC(O)C(COC1OC(CO)C(OC2OC(CO)C(OC3OC(CO)C(O)C(O)C3O)C(O)C2O)C(O)C1O)NC(=O)CCCCCCCCC. The van der Waals surface area contributed by atoms with Crippen molar-refractivity contribution in [3.8, 4) is 0 Å². The number of unbranched alkanes of at least 4 members (excludes halogenated alkanes) is 20. The molecule has 3 fully saturated rings. The number of carbonyl (C=O) groups excluding carboxylic acids is 1. The molecule has 3 aliphatic rings. The first-order valence-corrected chi connectivity index (χ1v) is 25.8. The van der Waals surface area contributed by atoms with Crippen LogP contribution < -0.4 is 5.32 Å². The highest BCUT2D eigenvalue weighted by Gasteiger charge is 2.53. The summed E-state index contributed by atoms with van der Waals surface area (Å²) in [4.78, 5) is 13.1. The lowest BCUT2D eigenvalue weighted by molar-refractivity contribution is -0.379. The second kappa shape index (κ2) is 34.2. The van der Waals surface area contributed by atoms with Crippen molar-refractivity contribution in [2.75, 3.05) is 26.4 Å². The molecule has 0 aromatic rings. The highest BCUT2D eigenvalue weighted by molar-refractivity contribution is 5.76. The number of amides is 1. The Morgan fingerprint density at radius 1 is 0.478 bits per heavy atom. The molecule has 12 N–H and O–H groups in total. The van der Waals surface area contributed by atoms with Crippen LogP contribution in [0.1, 0.15) is 168 Å². The van der Waals surface area contributed by atoms with Crippen molar-refractivity contribution in [2.45, 2.75) is 272 Å². The highest BCUT2D eigenvalue weighted by atomic mass is 16.8. The zero-order valence-electron chi connectivity index (χ0n) is 40.4. The standard InChI is InChI=1S/C48H91NO18/c1-3-5-7-9-11-12-13-14-15-16-17-18-20-21-23-25-32(53)31(49-36(54)26-24-22-19-10-8-6-4-2)30-62-46-42(60)39(57)44(34(28-51)64-46)67-48-43(61)40(58)45(35(29-52)65-48)66-47-41(59)38(56)37(55)33(27-50)63-47/h31-35,37-48,50-53,55-61H,3-30H2,1-2H3,(H,49,54). The van der Waals surface area contributed by atoms with Gasteiger partial charge in [-0.15, -0.1) is 0 Å². The largest absolute Gasteiger partial charge is 0.394 e. The van der Waals surface area contributed by atoms with E-state index in [0.717, 1.165) is 57.8 Å². The monoisotopic (exact) mass is 970 g/mol. The Hall–Kier alpha value is -1.21. The van der Waals surface area contributed by atoms with Gasteiger partial charge in [-0.25, -0.2) is 0 Å². The van der Waals surface area contributed by atoms with Crippen LogP contribution in [0.2, 0.25) is 0 Å². The van der Waals surface area contributed by atoms with E-state index in [4.69, 9.17) is 28.4 Å². The Kier molecular flexibility index (Phi) is 30.7. The van der Waals surface area contributed by atoms with Crippen molar-refractivity contribution in [3.05, 3.63) is 0 Å². The van der Waals surface area contributed by atoms with Gasteiger partial charge in [-0.3, -0.25) is 4.79 Å². The predicted molar refractivity (Wildman–Crippen MR) is 245 cm³/mol. The van der Waals surface area contributed by atoms with E-state index in [0.29, 0.717) is 12.8 Å². The lowest BCUT2D eigenvalue weighted by Crippen LogP contribution is -2.66. The van der Waals surface area contributed by atoms with E-state index in [9.17, 15) is 61.0 Å². The maximum Gasteiger partial charge on any atom is 0.220 e. The third kappa shape index (κ3) is 20.4. The molecule has 0 bridgehead atoms. The molecule has 19 heteroatoms. The van der Waals surface area contributed by atoms with Crippen molar-refractivity contribution in [2.24, 2.45) is 0 Å². The molecule has 0 aliphatic carbocycles. The smallest absolute Gasteiger partial charge is 0.220 e. The fourth-order valence-electron chi connectivity index (χ4n) is 9.08. The van der Waals surface area contributed by atoms with E-state index in [2.05, 4.69) is 19.2 Å². The van der Waals surface area contributed by atoms with Crippen LogP contribution in [-0.4, -0.2) is 193 Å². The molecule has 17 unspecified atom stereocenters. The van der Waals surface area contributed by atoms with Crippen molar-refractivity contribution >= 4 is 5.91 Å². The third-order valence-corrected chi connectivity index (χ3v) is 13.4. The van der Waals surface area contributed by atoms with Crippen LogP contribution in [0.15, 0.2) is 0 Å². The molecule has 3 saturated heterocycles. The lowest BCUT2D eigenvalue weighted by atomic mass is 9.96. The highest BCUT2D eigenvalue weighted by Crippen LogP contribution is 2.33. The number of rotatable bonds is 36. The minimum atomic E-state index is -1.97. The second-order valence-corrected chi connectivity index (χ2v) is 19.0. The molecule has 3 rings (SSSR count). The summed E-state index contributed by atoms with van der Waals surface area (Å²) < 4.78 is 34.1. The average molecular weight is 970 g/mol. The quantitative estimate of drug-likeness (QED) is 0.0398. The molecule has 3 aliphatic heterocycles. The molecule has 0 aromatic heterocycles. The average Bonchev–Trinajstić information content (AvgIpc) is 3.32. The van der Waals surface area contributed by atoms with Crippen molar-refractivity contribution in [1.82, 2.24) is 5.32 Å². The second-order valence-electron chi connectivity index (χ2n) is 19.0. The minimum absolute atomic E-state index is 0.250. The van der Waals surface area contributed by atoms with Crippen LogP contribution in [0.25, 0.3) is 0 Å². The van der Waals surface area contributed by atoms with Crippen molar-refractivity contribution in [1.29, 1.82) is 0 Å². The van der Waals surface area contributed by atoms with E-state index in [-0.39, 0.29) is 18.9 Å². The van der Waals surface area contributed by atoms with Gasteiger partial charge in [0.15, 0.2) is 18.9 Å². The third-order valence-electron chi connectivity index (χ3n) is 13.4. The maximum atomic E-state index is 13.1. The number of carbonyl (C=O) groups is 1. The molecule has 0 saturated carbocycles. The van der Waals surface area contributed by atoms with Crippen LogP contribution in [0.3, 0.4) is 0 Å². The summed E-state index contributed by atoms with van der Waals surface area (Å²) in [5.41, 5.74) is 0. The maximum absolute atomic E-state index is 13.1. The van der Waals surface area contributed by atoms with Gasteiger partial charge < -0.3 is 89.9 Å². The van der Waals surface area contributed by atoms with E-state index in [1.54, 1.807) is 0 Å². The van der Waals surface area contributed by atoms with Gasteiger partial charge in [-0.2, -0.15) is 0 Å². The normalized spacial score (nSPS) is 33.4. The van der Waals surface area contributed by atoms with Gasteiger partial charge in [0.2, 0.25) is 5.91 Å². The van der Waals surface area contributed by atoms with Crippen LogP contribution in [-0.2, 0) is 33.2 Å². The molecular weight excluding hydrogens is 879 g/mol. The lowest BCUT2D eigenvalue weighted by Gasteiger charge is -2.48. The van der Waals surface area contributed by atoms with Gasteiger partial charge in [0.25, 0.3) is 0 Å². The molecule has 396 valence electrons. The molecule has 67 heavy (non-hydrogen) atoms. The van der Waals surface area contributed by atoms with Crippen LogP contribution in [0, 0.1) is 0 Å². The van der Waals surface area contributed by atoms with Crippen LogP contribution >= 0.6 is 0 Å². The Balaban J connectivity index is 1.53. The molecule has 0 aromatic carbocycles. The molecule has 3 heterocycles. The zero-order valence-corrected chi connectivity index (χ0v) is 40.4. The summed E-state index contributed by atoms with van der Waals surface area (Å²) in [5.74, 6) is -0.250. The van der Waals surface area contributed by atoms with Crippen LogP contribution in [0.4, 0.5) is 0 Å². The fourth-order valence-corrected chi connectivity index (χ4v) is 9.08. The van der Waals surface area contributed by atoms with Crippen molar-refractivity contribution in [3.63, 3.8) is 0 Å². The van der Waals surface area contributed by atoms with Gasteiger partial charge in [-0.1, -0.05) is 149 Å². The summed E-state index contributed by atoms with van der Waals surface area (Å²) in [5, 5.41) is 119. The number of hydrogen-bond donors (Lipinski definition) is 12. The van der Waals surface area contributed by atoms with Crippen LogP contribution in [0.5, 0.6) is 0 Å². The van der Waals surface area contributed by atoms with E-state index < -0.39 is 124 Å². The fraction of sp³-hybridized carbons (Fsp3) is 0.979. The summed E-state index contributed by atoms with van der Waals surface area (Å²) in [6.07, 6.45) is -0.452. The molecular formula is C48H91NO18. The van der Waals surface area contributed by atoms with Crippen molar-refractivity contribution < 1.29 is 89.4 Å². The van der Waals surface area contributed by atoms with Gasteiger partial charge >= 0.3 is 0 Å². The van der Waals surface area contributed by atoms with E-state index in [1.165, 1.54) is 77.0 Å². The zero-order chi connectivity index (χ0) is 49.1. The van der Waals surface area contributed by atoms with E-state index >= 15 is 0 Å². The molecule has 17 atom stereocenters. The van der Waals surface area contributed by atoms with Gasteiger partial charge in [0, 0.05) is 6.42 Å². The number of hydrogen-bond acceptors (Lipinski definition) is 18. The minimum Gasteiger partial charge on any atom is -0.394 e. The van der Waals surface area contributed by atoms with Gasteiger partial charge in [0.05, 0.1) is 38.6 Å². The van der Waals surface area contributed by atoms with Gasteiger partial charge in [0.1, 0.15) is 73.2 Å². The Morgan fingerprint density at radius 2 is 0.851 bits per heavy atom.